The smallest absolute Gasteiger partial charge is 0.323 e. The molecule has 10 heteroatoms. The van der Waals surface area contributed by atoms with Gasteiger partial charge >= 0.3 is 6.03 Å². The lowest BCUT2D eigenvalue weighted by molar-refractivity contribution is 0.101. The van der Waals surface area contributed by atoms with Crippen LogP contribution in [0.2, 0.25) is 0 Å². The number of aromatic amines is 1. The Balaban J connectivity index is 1.54. The molecule has 0 fully saturated rings. The summed E-state index contributed by atoms with van der Waals surface area (Å²) in [7, 11) is 0. The molecule has 31 heavy (non-hydrogen) atoms. The third kappa shape index (κ3) is 4.54. The second kappa shape index (κ2) is 8.78. The van der Waals surface area contributed by atoms with Gasteiger partial charge in [-0.1, -0.05) is 24.3 Å². The maximum Gasteiger partial charge on any atom is 0.323 e. The van der Waals surface area contributed by atoms with Crippen molar-refractivity contribution in [2.24, 2.45) is 0 Å². The molecular formula is C21H15Br2N5O3. The monoisotopic (exact) mass is 543 g/mol. The summed E-state index contributed by atoms with van der Waals surface area (Å²) in [5, 5.41) is 18.6. The number of amides is 3. The van der Waals surface area contributed by atoms with Crippen molar-refractivity contribution in [1.29, 1.82) is 0 Å². The van der Waals surface area contributed by atoms with Crippen LogP contribution in [0.5, 0.6) is 5.75 Å². The highest BCUT2D eigenvalue weighted by Crippen LogP contribution is 2.32. The molecule has 8 nitrogen and oxygen atoms in total. The summed E-state index contributed by atoms with van der Waals surface area (Å²) in [6.45, 7) is 0. The summed E-state index contributed by atoms with van der Waals surface area (Å²) in [5.74, 6) is -0.699. The normalized spacial score (nSPS) is 10.6. The predicted octanol–water partition coefficient (Wildman–Crippen LogP) is 5.69. The molecule has 5 N–H and O–H groups in total. The largest absolute Gasteiger partial charge is 0.504 e. The maximum atomic E-state index is 12.6. The first kappa shape index (κ1) is 20.9. The number of benzene rings is 3. The number of hydrogen-bond acceptors (Lipinski definition) is 4. The van der Waals surface area contributed by atoms with Gasteiger partial charge in [0.25, 0.3) is 5.91 Å². The number of H-pyrrole nitrogens is 1. The van der Waals surface area contributed by atoms with Crippen LogP contribution in [0.25, 0.3) is 11.0 Å². The van der Waals surface area contributed by atoms with E-state index in [1.807, 2.05) is 12.1 Å². The van der Waals surface area contributed by atoms with Crippen LogP contribution in [0.4, 0.5) is 21.9 Å². The number of carbonyl (C=O) groups excluding carboxylic acids is 2. The summed E-state index contributed by atoms with van der Waals surface area (Å²) in [6, 6.07) is 16.9. The molecule has 0 saturated carbocycles. The average molecular weight is 545 g/mol. The van der Waals surface area contributed by atoms with E-state index in [1.165, 1.54) is 6.07 Å². The Kier molecular flexibility index (Phi) is 5.92. The lowest BCUT2D eigenvalue weighted by atomic mass is 10.2. The van der Waals surface area contributed by atoms with Crippen LogP contribution in [0, 0.1) is 0 Å². The van der Waals surface area contributed by atoms with Crippen molar-refractivity contribution in [1.82, 2.24) is 9.97 Å². The third-order valence-corrected chi connectivity index (χ3v) is 5.72. The van der Waals surface area contributed by atoms with Crippen LogP contribution < -0.4 is 16.0 Å². The third-order valence-electron chi connectivity index (χ3n) is 4.34. The molecule has 0 spiro atoms. The molecule has 1 aromatic heterocycles. The molecule has 0 unspecified atom stereocenters. The number of phenols is 1. The minimum atomic E-state index is -0.538. The van der Waals surface area contributed by atoms with E-state index in [-0.39, 0.29) is 22.8 Å². The number of aromatic nitrogens is 2. The highest BCUT2D eigenvalue weighted by molar-refractivity contribution is 9.11. The van der Waals surface area contributed by atoms with Crippen molar-refractivity contribution in [3.05, 3.63) is 75.4 Å². The van der Waals surface area contributed by atoms with Crippen molar-refractivity contribution in [2.45, 2.75) is 0 Å². The van der Waals surface area contributed by atoms with Crippen LogP contribution in [0.3, 0.4) is 0 Å². The molecule has 0 aliphatic rings. The van der Waals surface area contributed by atoms with Gasteiger partial charge in [-0.15, -0.1) is 0 Å². The summed E-state index contributed by atoms with van der Waals surface area (Å²) < 4.78 is 1.45. The van der Waals surface area contributed by atoms with E-state index in [4.69, 9.17) is 0 Å². The molecule has 4 aromatic rings. The van der Waals surface area contributed by atoms with Crippen molar-refractivity contribution < 1.29 is 14.7 Å². The number of carbonyl (C=O) groups is 2. The van der Waals surface area contributed by atoms with E-state index < -0.39 is 11.9 Å². The molecule has 1 heterocycles. The molecule has 156 valence electrons. The van der Waals surface area contributed by atoms with Gasteiger partial charge in [-0.3, -0.25) is 4.79 Å². The van der Waals surface area contributed by atoms with Crippen LogP contribution in [0.15, 0.2) is 69.6 Å². The van der Waals surface area contributed by atoms with Crippen molar-refractivity contribution in [3.8, 4) is 5.75 Å². The summed E-state index contributed by atoms with van der Waals surface area (Å²) >= 11 is 6.72. The Morgan fingerprint density at radius 1 is 0.806 bits per heavy atom. The number of halogens is 2. The molecule has 0 bridgehead atoms. The van der Waals surface area contributed by atoms with E-state index >= 15 is 0 Å². The number of nitrogens with zero attached hydrogens (tertiary/aromatic N) is 1. The van der Waals surface area contributed by atoms with Gasteiger partial charge < -0.3 is 26.0 Å². The number of hydrogen-bond donors (Lipinski definition) is 5. The van der Waals surface area contributed by atoms with Gasteiger partial charge in [-0.05, 0) is 68.3 Å². The predicted molar refractivity (Wildman–Crippen MR) is 127 cm³/mol. The van der Waals surface area contributed by atoms with Crippen LogP contribution >= 0.6 is 31.9 Å². The Morgan fingerprint density at radius 2 is 1.39 bits per heavy atom. The molecular weight excluding hydrogens is 530 g/mol. The fourth-order valence-corrected chi connectivity index (χ4v) is 3.62. The number of fused-ring (bicyclic) bond motifs is 1. The topological polar surface area (TPSA) is 119 Å². The number of rotatable bonds is 4. The van der Waals surface area contributed by atoms with E-state index in [1.54, 1.807) is 42.5 Å². The quantitative estimate of drug-likeness (QED) is 0.212. The zero-order chi connectivity index (χ0) is 22.0. The van der Waals surface area contributed by atoms with Gasteiger partial charge in [-0.25, -0.2) is 9.78 Å². The van der Waals surface area contributed by atoms with Gasteiger partial charge in [0.1, 0.15) is 5.52 Å². The standard InChI is InChI=1S/C21H15Br2N5O3/c22-11-5-1-3-7-13(11)25-20(30)19-24-15-9-10-16(18(29)17(15)28-19)27-21(31)26-14-8-4-2-6-12(14)23/h1-10,29H,(H,24,28)(H,25,30)(H2,26,27,31). The molecule has 3 aromatic carbocycles. The first-order valence-electron chi connectivity index (χ1n) is 9.02. The average Bonchev–Trinajstić information content (AvgIpc) is 3.19. The molecule has 0 saturated heterocycles. The van der Waals surface area contributed by atoms with E-state index in [9.17, 15) is 14.7 Å². The summed E-state index contributed by atoms with van der Waals surface area (Å²) in [4.78, 5) is 31.9. The summed E-state index contributed by atoms with van der Waals surface area (Å²) in [5.41, 5.74) is 1.93. The van der Waals surface area contributed by atoms with E-state index in [2.05, 4.69) is 57.8 Å². The lowest BCUT2D eigenvalue weighted by Crippen LogP contribution is -2.19. The number of phenolic OH excluding ortho intramolecular Hbond substituents is 1. The van der Waals surface area contributed by atoms with Crippen LogP contribution in [-0.2, 0) is 0 Å². The van der Waals surface area contributed by atoms with Gasteiger partial charge in [0.2, 0.25) is 0 Å². The zero-order valence-electron chi connectivity index (χ0n) is 15.7. The highest BCUT2D eigenvalue weighted by atomic mass is 79.9. The van der Waals surface area contributed by atoms with E-state index in [0.717, 1.165) is 8.95 Å². The molecule has 0 aliphatic carbocycles. The second-order valence-corrected chi connectivity index (χ2v) is 8.14. The molecule has 0 atom stereocenters. The number of aromatic hydroxyl groups is 1. The van der Waals surface area contributed by atoms with Gasteiger partial charge in [0, 0.05) is 8.95 Å². The summed E-state index contributed by atoms with van der Waals surface area (Å²) in [6.07, 6.45) is 0. The zero-order valence-corrected chi connectivity index (χ0v) is 18.9. The van der Waals surface area contributed by atoms with E-state index in [0.29, 0.717) is 16.9 Å². The van der Waals surface area contributed by atoms with Gasteiger partial charge in [0.15, 0.2) is 11.6 Å². The maximum absolute atomic E-state index is 12.6. The van der Waals surface area contributed by atoms with Gasteiger partial charge in [-0.2, -0.15) is 0 Å². The number of imidazole rings is 1. The Bertz CT molecular complexity index is 1310. The minimum absolute atomic E-state index is 0.0240. The van der Waals surface area contributed by atoms with Crippen LogP contribution in [0.1, 0.15) is 10.6 Å². The number of nitrogens with one attached hydrogen (secondary N) is 4. The first-order valence-corrected chi connectivity index (χ1v) is 10.6. The number of para-hydroxylation sites is 2. The highest BCUT2D eigenvalue weighted by Gasteiger charge is 2.18. The van der Waals surface area contributed by atoms with Crippen LogP contribution in [-0.4, -0.2) is 27.0 Å². The Morgan fingerprint density at radius 3 is 2.03 bits per heavy atom. The lowest BCUT2D eigenvalue weighted by Gasteiger charge is -2.10. The molecule has 3 amide bonds. The fourth-order valence-electron chi connectivity index (χ4n) is 2.85. The van der Waals surface area contributed by atoms with Crippen molar-refractivity contribution in [3.63, 3.8) is 0 Å². The number of urea groups is 1. The number of anilines is 3. The Labute approximate surface area is 193 Å². The fraction of sp³-hybridized carbons (Fsp3) is 0. The first-order chi connectivity index (χ1) is 14.9. The van der Waals surface area contributed by atoms with Crippen molar-refractivity contribution in [2.75, 3.05) is 16.0 Å². The molecule has 4 rings (SSSR count). The molecule has 0 aliphatic heterocycles. The molecule has 0 radical (unpaired) electrons. The minimum Gasteiger partial charge on any atom is -0.504 e. The van der Waals surface area contributed by atoms with Crippen molar-refractivity contribution >= 4 is 71.9 Å². The second-order valence-electron chi connectivity index (χ2n) is 6.44. The SMILES string of the molecule is O=C(Nc1ccccc1Br)Nc1ccc2[nH]c(C(=O)Nc3ccccc3Br)nc2c1O. The Hall–Kier alpha value is -3.37. The van der Waals surface area contributed by atoms with Gasteiger partial charge in [0.05, 0.1) is 22.6 Å².